The van der Waals surface area contributed by atoms with Gasteiger partial charge in [0.1, 0.15) is 24.7 Å². The Kier molecular flexibility index (Phi) is 8.00. The van der Waals surface area contributed by atoms with Crippen LogP contribution < -0.4 is 19.7 Å². The summed E-state index contributed by atoms with van der Waals surface area (Å²) in [6.07, 6.45) is 0. The van der Waals surface area contributed by atoms with E-state index in [9.17, 15) is 13.2 Å². The van der Waals surface area contributed by atoms with E-state index < -0.39 is 10.0 Å². The summed E-state index contributed by atoms with van der Waals surface area (Å²) >= 11 is 0. The van der Waals surface area contributed by atoms with E-state index in [2.05, 4.69) is 5.32 Å². The molecule has 0 heterocycles. The predicted octanol–water partition coefficient (Wildman–Crippen LogP) is 0.478. The van der Waals surface area contributed by atoms with Gasteiger partial charge >= 0.3 is 0 Å². The fraction of sp³-hybridized carbons (Fsp3) is 0.350. The van der Waals surface area contributed by atoms with Crippen LogP contribution in [0.2, 0.25) is 0 Å². The molecule has 0 aromatic heterocycles. The lowest BCUT2D eigenvalue weighted by Gasteiger charge is -2.17. The summed E-state index contributed by atoms with van der Waals surface area (Å²) in [5, 5.41) is 2.74. The number of carbonyl (C=O) groups is 1. The Hall–Kier alpha value is -2.62. The Morgan fingerprint density at radius 3 is 2.45 bits per heavy atom. The first-order valence-electron chi connectivity index (χ1n) is 9.13. The lowest BCUT2D eigenvalue weighted by atomic mass is 10.3. The third kappa shape index (κ3) is 6.45. The molecule has 2 N–H and O–H groups in total. The maximum atomic E-state index is 12.4. The first kappa shape index (κ1) is 22.7. The van der Waals surface area contributed by atoms with E-state index >= 15 is 0 Å². The van der Waals surface area contributed by atoms with E-state index in [0.717, 1.165) is 15.0 Å². The average Bonchev–Trinajstić information content (AvgIpc) is 2.68. The van der Waals surface area contributed by atoms with Crippen LogP contribution in [0, 0.1) is 0 Å². The van der Waals surface area contributed by atoms with Crippen LogP contribution in [0.3, 0.4) is 0 Å². The number of hydrogen-bond donors (Lipinski definition) is 2. The molecular formula is C20H28N3O5S+. The van der Waals surface area contributed by atoms with E-state index in [4.69, 9.17) is 9.47 Å². The fourth-order valence-electron chi connectivity index (χ4n) is 2.57. The van der Waals surface area contributed by atoms with Crippen LogP contribution in [0.1, 0.15) is 0 Å². The third-order valence-electron chi connectivity index (χ3n) is 4.23. The lowest BCUT2D eigenvalue weighted by Crippen LogP contribution is -3.10. The molecule has 0 saturated carbocycles. The molecule has 158 valence electrons. The molecule has 1 amide bonds. The smallest absolute Gasteiger partial charge is 0.279 e. The van der Waals surface area contributed by atoms with Crippen molar-refractivity contribution < 1.29 is 27.6 Å². The van der Waals surface area contributed by atoms with E-state index in [1.165, 1.54) is 39.4 Å². The second-order valence-electron chi connectivity index (χ2n) is 6.74. The maximum absolute atomic E-state index is 12.4. The normalized spacial score (nSPS) is 12.4. The van der Waals surface area contributed by atoms with Crippen LogP contribution in [0.5, 0.6) is 11.5 Å². The summed E-state index contributed by atoms with van der Waals surface area (Å²) in [4.78, 5) is 13.5. The number of methoxy groups -OCH3 is 1. The van der Waals surface area contributed by atoms with E-state index in [0.29, 0.717) is 24.6 Å². The van der Waals surface area contributed by atoms with Crippen LogP contribution >= 0.6 is 0 Å². The number of rotatable bonds is 10. The molecule has 0 radical (unpaired) electrons. The zero-order chi connectivity index (χ0) is 21.4. The number of hydrogen-bond acceptors (Lipinski definition) is 5. The van der Waals surface area contributed by atoms with Crippen molar-refractivity contribution in [2.45, 2.75) is 4.90 Å². The van der Waals surface area contributed by atoms with Crippen molar-refractivity contribution in [3.63, 3.8) is 0 Å². The van der Waals surface area contributed by atoms with Crippen LogP contribution in [-0.2, 0) is 14.8 Å². The lowest BCUT2D eigenvalue weighted by molar-refractivity contribution is -0.871. The van der Waals surface area contributed by atoms with Gasteiger partial charge in [-0.2, -0.15) is 0 Å². The van der Waals surface area contributed by atoms with E-state index in [1.54, 1.807) is 0 Å². The third-order valence-corrected chi connectivity index (χ3v) is 6.04. The van der Waals surface area contributed by atoms with Crippen molar-refractivity contribution >= 4 is 21.6 Å². The molecule has 0 bridgehead atoms. The zero-order valence-corrected chi connectivity index (χ0v) is 18.0. The number of ether oxygens (including phenoxy) is 2. The van der Waals surface area contributed by atoms with Crippen molar-refractivity contribution in [3.8, 4) is 11.5 Å². The van der Waals surface area contributed by atoms with Gasteiger partial charge in [-0.1, -0.05) is 18.2 Å². The fourth-order valence-corrected chi connectivity index (χ4v) is 3.50. The zero-order valence-electron chi connectivity index (χ0n) is 17.1. The summed E-state index contributed by atoms with van der Waals surface area (Å²) in [6, 6.07) is 13.8. The summed E-state index contributed by atoms with van der Waals surface area (Å²) in [7, 11) is 2.64. The van der Waals surface area contributed by atoms with Gasteiger partial charge in [-0.15, -0.1) is 0 Å². The van der Waals surface area contributed by atoms with E-state index in [-0.39, 0.29) is 17.3 Å². The Morgan fingerprint density at radius 2 is 1.83 bits per heavy atom. The Balaban J connectivity index is 1.96. The molecule has 2 aromatic carbocycles. The van der Waals surface area contributed by atoms with Crippen molar-refractivity contribution in [2.75, 3.05) is 53.3 Å². The molecule has 29 heavy (non-hydrogen) atoms. The first-order chi connectivity index (χ1) is 13.7. The first-order valence-corrected chi connectivity index (χ1v) is 10.6. The molecule has 0 aliphatic heterocycles. The molecule has 0 aliphatic carbocycles. The minimum absolute atomic E-state index is 0.0792. The Bertz CT molecular complexity index is 917. The van der Waals surface area contributed by atoms with Crippen molar-refractivity contribution in [1.82, 2.24) is 4.31 Å². The highest BCUT2D eigenvalue weighted by atomic mass is 32.2. The molecule has 2 rings (SSSR count). The van der Waals surface area contributed by atoms with Gasteiger partial charge in [0.05, 0.1) is 24.7 Å². The number of carbonyl (C=O) groups excluding carboxylic acids is 1. The largest absolute Gasteiger partial charge is 0.495 e. The molecule has 1 unspecified atom stereocenters. The Labute approximate surface area is 172 Å². The van der Waals surface area contributed by atoms with Crippen molar-refractivity contribution in [1.29, 1.82) is 0 Å². The number of benzene rings is 2. The van der Waals surface area contributed by atoms with Gasteiger partial charge in [0.15, 0.2) is 6.54 Å². The quantitative estimate of drug-likeness (QED) is 0.581. The molecule has 2 aromatic rings. The number of para-hydroxylation sites is 1. The number of nitrogens with zero attached hydrogens (tertiary/aromatic N) is 1. The molecular weight excluding hydrogens is 394 g/mol. The van der Waals surface area contributed by atoms with Gasteiger partial charge in [0.25, 0.3) is 5.91 Å². The molecule has 1 atom stereocenters. The second-order valence-corrected chi connectivity index (χ2v) is 8.89. The Morgan fingerprint density at radius 1 is 1.14 bits per heavy atom. The number of quaternary nitrogens is 1. The van der Waals surface area contributed by atoms with Gasteiger partial charge in [-0.25, -0.2) is 12.7 Å². The number of anilines is 1. The molecule has 0 spiro atoms. The molecule has 8 nitrogen and oxygen atoms in total. The highest BCUT2D eigenvalue weighted by Crippen LogP contribution is 2.28. The minimum Gasteiger partial charge on any atom is -0.495 e. The summed E-state index contributed by atoms with van der Waals surface area (Å²) in [5.41, 5.74) is 0.314. The number of nitrogens with one attached hydrogen (secondary N) is 2. The van der Waals surface area contributed by atoms with Gasteiger partial charge in [-0.3, -0.25) is 4.79 Å². The van der Waals surface area contributed by atoms with Crippen LogP contribution in [0.15, 0.2) is 53.4 Å². The summed E-state index contributed by atoms with van der Waals surface area (Å²) in [5.74, 6) is 0.925. The van der Waals surface area contributed by atoms with Gasteiger partial charge in [0.2, 0.25) is 10.0 Å². The second kappa shape index (κ2) is 10.2. The van der Waals surface area contributed by atoms with Crippen LogP contribution in [0.4, 0.5) is 5.69 Å². The topological polar surface area (TPSA) is 89.4 Å². The molecule has 9 heteroatoms. The average molecular weight is 423 g/mol. The number of likely N-dealkylation sites (N-methyl/N-ethyl adjacent to an activating group) is 1. The highest BCUT2D eigenvalue weighted by molar-refractivity contribution is 7.89. The highest BCUT2D eigenvalue weighted by Gasteiger charge is 2.20. The van der Waals surface area contributed by atoms with Gasteiger partial charge in [-0.05, 0) is 30.3 Å². The molecule has 0 saturated heterocycles. The van der Waals surface area contributed by atoms with Crippen molar-refractivity contribution in [3.05, 3.63) is 48.5 Å². The number of amides is 1. The molecule has 0 fully saturated rings. The SMILES string of the molecule is COc1ccc(S(=O)(=O)N(C)C)cc1NC(=O)C[NH+](C)CCOc1ccccc1. The standard InChI is InChI=1S/C20H27N3O5S/c1-22(2)29(25,26)17-10-11-19(27-4)18(14-17)21-20(24)15-23(3)12-13-28-16-8-6-5-7-9-16/h5-11,14H,12-13,15H2,1-4H3,(H,21,24)/p+1. The minimum atomic E-state index is -3.62. The van der Waals surface area contributed by atoms with Crippen molar-refractivity contribution in [2.24, 2.45) is 0 Å². The monoisotopic (exact) mass is 422 g/mol. The van der Waals surface area contributed by atoms with E-state index in [1.807, 2.05) is 37.4 Å². The maximum Gasteiger partial charge on any atom is 0.279 e. The summed E-state index contributed by atoms with van der Waals surface area (Å²) < 4.78 is 36.7. The van der Waals surface area contributed by atoms with Gasteiger partial charge in [0, 0.05) is 14.1 Å². The predicted molar refractivity (Wildman–Crippen MR) is 111 cm³/mol. The van der Waals surface area contributed by atoms with Crippen LogP contribution in [-0.4, -0.2) is 66.6 Å². The molecule has 0 aliphatic rings. The van der Waals surface area contributed by atoms with Crippen LogP contribution in [0.25, 0.3) is 0 Å². The summed E-state index contributed by atoms with van der Waals surface area (Å²) in [6.45, 7) is 1.31. The number of sulfonamides is 1. The van der Waals surface area contributed by atoms with Gasteiger partial charge < -0.3 is 19.7 Å².